The van der Waals surface area contributed by atoms with Crippen molar-refractivity contribution in [3.8, 4) is 0 Å². The van der Waals surface area contributed by atoms with Gasteiger partial charge in [-0.2, -0.15) is 0 Å². The smallest absolute Gasteiger partial charge is 0.191 e. The molecule has 1 aromatic heterocycles. The van der Waals surface area contributed by atoms with Gasteiger partial charge in [0.25, 0.3) is 0 Å². The van der Waals surface area contributed by atoms with Crippen molar-refractivity contribution in [2.24, 2.45) is 4.99 Å². The van der Waals surface area contributed by atoms with Crippen LogP contribution in [0.25, 0.3) is 0 Å². The lowest BCUT2D eigenvalue weighted by molar-refractivity contribution is 0.615. The topological polar surface area (TPSA) is 54.2 Å². The van der Waals surface area contributed by atoms with Gasteiger partial charge in [-0.1, -0.05) is 42.5 Å². The Balaban J connectivity index is 0.00000300. The Labute approximate surface area is 188 Å². The van der Waals surface area contributed by atoms with E-state index in [4.69, 9.17) is 0 Å². The summed E-state index contributed by atoms with van der Waals surface area (Å²) in [6.07, 6.45) is 4.61. The number of rotatable bonds is 7. The molecule has 0 aliphatic heterocycles. The van der Waals surface area contributed by atoms with E-state index in [-0.39, 0.29) is 29.8 Å². The highest BCUT2D eigenvalue weighted by Crippen LogP contribution is 2.09. The molecule has 0 unspecified atom stereocenters. The van der Waals surface area contributed by atoms with Gasteiger partial charge < -0.3 is 15.2 Å². The standard InChI is InChI=1S/C22H26FN5.HI/c1-17-8-9-19(14-20(17)23)15-27-22(24-2)26-11-10-21-25-12-13-28(21)16-18-6-4-3-5-7-18;/h3-9,12-14H,10-11,15-16H2,1-2H3,(H2,24,26,27);1H. The van der Waals surface area contributed by atoms with E-state index in [0.29, 0.717) is 24.6 Å². The molecule has 0 fully saturated rings. The molecule has 0 spiro atoms. The van der Waals surface area contributed by atoms with Gasteiger partial charge in [-0.3, -0.25) is 4.99 Å². The number of imidazole rings is 1. The van der Waals surface area contributed by atoms with Crippen LogP contribution in [0.3, 0.4) is 0 Å². The van der Waals surface area contributed by atoms with Crippen molar-refractivity contribution in [1.29, 1.82) is 0 Å². The monoisotopic (exact) mass is 507 g/mol. The first-order chi connectivity index (χ1) is 13.7. The minimum atomic E-state index is -0.188. The second-order valence-corrected chi connectivity index (χ2v) is 6.64. The molecule has 3 rings (SSSR count). The van der Waals surface area contributed by atoms with E-state index in [2.05, 4.69) is 37.3 Å². The molecular weight excluding hydrogens is 480 g/mol. The van der Waals surface area contributed by atoms with Crippen LogP contribution in [0.5, 0.6) is 0 Å². The van der Waals surface area contributed by atoms with Gasteiger partial charge >= 0.3 is 0 Å². The molecule has 154 valence electrons. The third-order valence-corrected chi connectivity index (χ3v) is 4.56. The number of nitrogens with one attached hydrogen (secondary N) is 2. The maximum atomic E-state index is 13.7. The summed E-state index contributed by atoms with van der Waals surface area (Å²) in [5.41, 5.74) is 2.78. The van der Waals surface area contributed by atoms with E-state index < -0.39 is 0 Å². The summed E-state index contributed by atoms with van der Waals surface area (Å²) in [5, 5.41) is 6.50. The highest BCUT2D eigenvalue weighted by Gasteiger charge is 2.05. The third-order valence-electron chi connectivity index (χ3n) is 4.56. The number of aryl methyl sites for hydroxylation is 1. The van der Waals surface area contributed by atoms with Crippen molar-refractivity contribution in [3.05, 3.63) is 89.3 Å². The molecule has 0 amide bonds. The lowest BCUT2D eigenvalue weighted by atomic mass is 10.1. The summed E-state index contributed by atoms with van der Waals surface area (Å²) in [5.74, 6) is 1.52. The molecule has 29 heavy (non-hydrogen) atoms. The number of nitrogens with zero attached hydrogens (tertiary/aromatic N) is 3. The number of benzene rings is 2. The molecular formula is C22H27FIN5. The zero-order valence-electron chi connectivity index (χ0n) is 16.7. The Hall–Kier alpha value is -2.42. The quantitative estimate of drug-likeness (QED) is 0.290. The van der Waals surface area contributed by atoms with Crippen molar-refractivity contribution in [1.82, 2.24) is 20.2 Å². The summed E-state index contributed by atoms with van der Waals surface area (Å²) < 4.78 is 15.8. The first-order valence-electron chi connectivity index (χ1n) is 9.39. The van der Waals surface area contributed by atoms with Gasteiger partial charge in [0, 0.05) is 45.5 Å². The predicted molar refractivity (Wildman–Crippen MR) is 126 cm³/mol. The lowest BCUT2D eigenvalue weighted by Gasteiger charge is -2.13. The molecule has 5 nitrogen and oxygen atoms in total. The van der Waals surface area contributed by atoms with Gasteiger partial charge in [-0.15, -0.1) is 24.0 Å². The molecule has 7 heteroatoms. The van der Waals surface area contributed by atoms with Gasteiger partial charge in [0.1, 0.15) is 11.6 Å². The number of guanidine groups is 1. The van der Waals surface area contributed by atoms with Crippen LogP contribution >= 0.6 is 24.0 Å². The Morgan fingerprint density at radius 2 is 1.90 bits per heavy atom. The van der Waals surface area contributed by atoms with Crippen molar-refractivity contribution in [2.45, 2.75) is 26.4 Å². The van der Waals surface area contributed by atoms with Crippen LogP contribution in [0.2, 0.25) is 0 Å². The second kappa shape index (κ2) is 11.5. The molecule has 2 N–H and O–H groups in total. The number of aromatic nitrogens is 2. The first kappa shape index (κ1) is 22.9. The fraction of sp³-hybridized carbons (Fsp3) is 0.273. The molecule has 0 aliphatic rings. The van der Waals surface area contributed by atoms with Crippen LogP contribution in [0.1, 0.15) is 22.5 Å². The van der Waals surface area contributed by atoms with Crippen molar-refractivity contribution in [2.75, 3.05) is 13.6 Å². The molecule has 0 atom stereocenters. The molecule has 0 radical (unpaired) electrons. The molecule has 3 aromatic rings. The molecule has 1 heterocycles. The first-order valence-corrected chi connectivity index (χ1v) is 9.39. The van der Waals surface area contributed by atoms with E-state index in [1.165, 1.54) is 5.56 Å². The zero-order valence-corrected chi connectivity index (χ0v) is 19.1. The fourth-order valence-electron chi connectivity index (χ4n) is 2.94. The van der Waals surface area contributed by atoms with Gasteiger partial charge in [0.2, 0.25) is 0 Å². The van der Waals surface area contributed by atoms with Crippen LogP contribution in [0, 0.1) is 12.7 Å². The Kier molecular flexibility index (Phi) is 9.11. The number of aliphatic imine (C=N–C) groups is 1. The van der Waals surface area contributed by atoms with Gasteiger partial charge in [-0.05, 0) is 29.7 Å². The van der Waals surface area contributed by atoms with Crippen molar-refractivity contribution < 1.29 is 4.39 Å². The number of hydrogen-bond donors (Lipinski definition) is 2. The second-order valence-electron chi connectivity index (χ2n) is 6.64. The highest BCUT2D eigenvalue weighted by molar-refractivity contribution is 14.0. The van der Waals surface area contributed by atoms with Gasteiger partial charge in [0.05, 0.1) is 0 Å². The van der Waals surface area contributed by atoms with E-state index >= 15 is 0 Å². The fourth-order valence-corrected chi connectivity index (χ4v) is 2.94. The maximum Gasteiger partial charge on any atom is 0.191 e. The SMILES string of the molecule is CN=C(NCCc1nccn1Cc1ccccc1)NCc1ccc(C)c(F)c1.I. The van der Waals surface area contributed by atoms with E-state index in [0.717, 1.165) is 24.4 Å². The highest BCUT2D eigenvalue weighted by atomic mass is 127. The minimum absolute atomic E-state index is 0. The van der Waals surface area contributed by atoms with Crippen LogP contribution in [0.4, 0.5) is 4.39 Å². The Morgan fingerprint density at radius 1 is 1.10 bits per heavy atom. The van der Waals surface area contributed by atoms with Crippen LogP contribution in [0.15, 0.2) is 65.9 Å². The van der Waals surface area contributed by atoms with Crippen molar-refractivity contribution in [3.63, 3.8) is 0 Å². The number of hydrogen-bond acceptors (Lipinski definition) is 2. The third kappa shape index (κ3) is 6.85. The van der Waals surface area contributed by atoms with E-state index in [1.54, 1.807) is 26.1 Å². The summed E-state index contributed by atoms with van der Waals surface area (Å²) in [7, 11) is 1.72. The van der Waals surface area contributed by atoms with E-state index in [1.807, 2.05) is 36.7 Å². The van der Waals surface area contributed by atoms with Crippen LogP contribution in [-0.4, -0.2) is 29.1 Å². The van der Waals surface area contributed by atoms with Gasteiger partial charge in [0.15, 0.2) is 5.96 Å². The van der Waals surface area contributed by atoms with Crippen LogP contribution in [-0.2, 0) is 19.5 Å². The van der Waals surface area contributed by atoms with Gasteiger partial charge in [-0.25, -0.2) is 9.37 Å². The minimum Gasteiger partial charge on any atom is -0.356 e. The molecule has 2 aromatic carbocycles. The summed E-state index contributed by atoms with van der Waals surface area (Å²) in [4.78, 5) is 8.69. The maximum absolute atomic E-state index is 13.7. The Bertz CT molecular complexity index is 924. The lowest BCUT2D eigenvalue weighted by Crippen LogP contribution is -2.38. The Morgan fingerprint density at radius 3 is 2.62 bits per heavy atom. The average Bonchev–Trinajstić information content (AvgIpc) is 3.14. The normalized spacial score (nSPS) is 11.1. The summed E-state index contributed by atoms with van der Waals surface area (Å²) >= 11 is 0. The predicted octanol–water partition coefficient (Wildman–Crippen LogP) is 3.90. The van der Waals surface area contributed by atoms with Crippen molar-refractivity contribution >= 4 is 29.9 Å². The molecule has 0 aliphatic carbocycles. The largest absolute Gasteiger partial charge is 0.356 e. The van der Waals surface area contributed by atoms with Crippen LogP contribution < -0.4 is 10.6 Å². The average molecular weight is 507 g/mol. The molecule has 0 saturated carbocycles. The van der Waals surface area contributed by atoms with E-state index in [9.17, 15) is 4.39 Å². The summed E-state index contributed by atoms with van der Waals surface area (Å²) in [6, 6.07) is 15.6. The zero-order chi connectivity index (χ0) is 19.8. The number of halogens is 2. The molecule has 0 saturated heterocycles. The summed E-state index contributed by atoms with van der Waals surface area (Å²) in [6.45, 7) is 3.78. The molecule has 0 bridgehead atoms.